The Bertz CT molecular complexity index is 223. The first-order valence-electron chi connectivity index (χ1n) is 4.99. The van der Waals surface area contributed by atoms with Crippen LogP contribution in [0.25, 0.3) is 0 Å². The summed E-state index contributed by atoms with van der Waals surface area (Å²) >= 11 is 6.08. The highest BCUT2D eigenvalue weighted by Gasteiger charge is 2.08. The Kier molecular flexibility index (Phi) is 5.17. The Morgan fingerprint density at radius 1 is 1.31 bits per heavy atom. The van der Waals surface area contributed by atoms with Gasteiger partial charge in [-0.15, -0.1) is 0 Å². The van der Waals surface area contributed by atoms with Crippen LogP contribution in [0.4, 0.5) is 0 Å². The Labute approximate surface area is 87.8 Å². The molecule has 0 nitrogen and oxygen atoms in total. The molecule has 0 heterocycles. The lowest BCUT2D eigenvalue weighted by Crippen LogP contribution is -2.02. The maximum Gasteiger partial charge on any atom is 0.132 e. The number of halogens is 1. The topological polar surface area (TPSA) is 0 Å². The van der Waals surface area contributed by atoms with Crippen LogP contribution in [0.5, 0.6) is 0 Å². The van der Waals surface area contributed by atoms with Gasteiger partial charge in [0.1, 0.15) is 8.83 Å². The standard InChI is InChI=1S/C11H17ClSi/c1-2-3-9-11(13-12)10-7-5-4-6-8-10/h4-8,11H,2-3,9,13H2,1H3. The van der Waals surface area contributed by atoms with Crippen LogP contribution in [0.3, 0.4) is 0 Å². The lowest BCUT2D eigenvalue weighted by atomic mass is 10.1. The van der Waals surface area contributed by atoms with Gasteiger partial charge in [-0.2, -0.15) is 11.1 Å². The molecule has 1 atom stereocenters. The number of unbranched alkanes of at least 4 members (excludes halogenated alkanes) is 1. The molecular weight excluding hydrogens is 196 g/mol. The van der Waals surface area contributed by atoms with E-state index in [0.29, 0.717) is 5.54 Å². The van der Waals surface area contributed by atoms with E-state index in [1.807, 2.05) is 0 Å². The van der Waals surface area contributed by atoms with E-state index >= 15 is 0 Å². The minimum Gasteiger partial charge on any atom is -0.176 e. The summed E-state index contributed by atoms with van der Waals surface area (Å²) in [6.07, 6.45) is 3.85. The van der Waals surface area contributed by atoms with Crippen molar-refractivity contribution in [3.63, 3.8) is 0 Å². The summed E-state index contributed by atoms with van der Waals surface area (Å²) in [5, 5.41) is 0. The van der Waals surface area contributed by atoms with E-state index in [9.17, 15) is 0 Å². The zero-order chi connectivity index (χ0) is 9.52. The zero-order valence-corrected chi connectivity index (χ0v) is 10.3. The van der Waals surface area contributed by atoms with E-state index in [0.717, 1.165) is 0 Å². The van der Waals surface area contributed by atoms with Gasteiger partial charge in [-0.25, -0.2) is 0 Å². The molecule has 0 aromatic heterocycles. The quantitative estimate of drug-likeness (QED) is 0.520. The van der Waals surface area contributed by atoms with Crippen molar-refractivity contribution in [3.8, 4) is 0 Å². The molecule has 0 N–H and O–H groups in total. The van der Waals surface area contributed by atoms with Crippen LogP contribution in [0, 0.1) is 0 Å². The maximum atomic E-state index is 6.08. The van der Waals surface area contributed by atoms with E-state index < -0.39 is 8.83 Å². The number of hydrogen-bond acceptors (Lipinski definition) is 0. The lowest BCUT2D eigenvalue weighted by Gasteiger charge is -2.12. The average Bonchev–Trinajstić information content (AvgIpc) is 2.21. The van der Waals surface area contributed by atoms with E-state index in [1.54, 1.807) is 0 Å². The highest BCUT2D eigenvalue weighted by molar-refractivity contribution is 6.94. The first-order valence-corrected chi connectivity index (χ1v) is 7.94. The van der Waals surface area contributed by atoms with E-state index in [1.165, 1.54) is 24.8 Å². The summed E-state index contributed by atoms with van der Waals surface area (Å²) < 4.78 is 0. The summed E-state index contributed by atoms with van der Waals surface area (Å²) in [4.78, 5) is 0. The molecule has 0 aliphatic rings. The van der Waals surface area contributed by atoms with Gasteiger partial charge in [-0.1, -0.05) is 50.1 Å². The molecule has 0 saturated carbocycles. The first-order chi connectivity index (χ1) is 6.38. The predicted octanol–water partition coefficient (Wildman–Crippen LogP) is 3.24. The Morgan fingerprint density at radius 3 is 2.54 bits per heavy atom. The van der Waals surface area contributed by atoms with Crippen LogP contribution in [0.15, 0.2) is 30.3 Å². The van der Waals surface area contributed by atoms with Crippen LogP contribution >= 0.6 is 11.1 Å². The SMILES string of the molecule is CCCCC([SiH2]Cl)c1ccccc1. The largest absolute Gasteiger partial charge is 0.176 e. The van der Waals surface area contributed by atoms with Gasteiger partial charge in [0, 0.05) is 0 Å². The van der Waals surface area contributed by atoms with Gasteiger partial charge < -0.3 is 0 Å². The number of rotatable bonds is 5. The number of hydrogen-bond donors (Lipinski definition) is 0. The van der Waals surface area contributed by atoms with Crippen molar-refractivity contribution < 1.29 is 0 Å². The molecule has 0 aliphatic carbocycles. The van der Waals surface area contributed by atoms with E-state index in [4.69, 9.17) is 11.1 Å². The molecule has 0 fully saturated rings. The van der Waals surface area contributed by atoms with Crippen LogP contribution in [0.2, 0.25) is 0 Å². The zero-order valence-electron chi connectivity index (χ0n) is 8.17. The third-order valence-corrected chi connectivity index (χ3v) is 4.73. The van der Waals surface area contributed by atoms with Crippen molar-refractivity contribution in [1.82, 2.24) is 0 Å². The number of benzene rings is 1. The van der Waals surface area contributed by atoms with E-state index in [-0.39, 0.29) is 0 Å². The normalized spacial score (nSPS) is 13.7. The van der Waals surface area contributed by atoms with Crippen molar-refractivity contribution in [3.05, 3.63) is 35.9 Å². The molecule has 0 bridgehead atoms. The molecule has 1 unspecified atom stereocenters. The van der Waals surface area contributed by atoms with Crippen molar-refractivity contribution in [2.24, 2.45) is 0 Å². The van der Waals surface area contributed by atoms with Gasteiger partial charge in [-0.3, -0.25) is 0 Å². The highest BCUT2D eigenvalue weighted by Crippen LogP contribution is 2.21. The van der Waals surface area contributed by atoms with Gasteiger partial charge in [0.2, 0.25) is 0 Å². The molecule has 1 rings (SSSR count). The van der Waals surface area contributed by atoms with E-state index in [2.05, 4.69) is 37.3 Å². The third kappa shape index (κ3) is 3.53. The van der Waals surface area contributed by atoms with Crippen LogP contribution < -0.4 is 0 Å². The molecular formula is C11H17ClSi. The Balaban J connectivity index is 2.56. The lowest BCUT2D eigenvalue weighted by molar-refractivity contribution is 0.699. The van der Waals surface area contributed by atoms with Crippen LogP contribution in [-0.4, -0.2) is 8.83 Å². The van der Waals surface area contributed by atoms with Gasteiger partial charge in [0.15, 0.2) is 0 Å². The van der Waals surface area contributed by atoms with Crippen molar-refractivity contribution in [2.75, 3.05) is 0 Å². The molecule has 1 aromatic carbocycles. The van der Waals surface area contributed by atoms with Gasteiger partial charge in [0.25, 0.3) is 0 Å². The molecule has 13 heavy (non-hydrogen) atoms. The second kappa shape index (κ2) is 6.22. The minimum absolute atomic E-state index is 0.418. The summed E-state index contributed by atoms with van der Waals surface area (Å²) in [6, 6.07) is 10.7. The Hall–Kier alpha value is -0.273. The minimum atomic E-state index is -0.418. The fourth-order valence-electron chi connectivity index (χ4n) is 1.51. The van der Waals surface area contributed by atoms with Gasteiger partial charge >= 0.3 is 0 Å². The molecule has 0 aliphatic heterocycles. The van der Waals surface area contributed by atoms with Crippen LogP contribution in [0.1, 0.15) is 37.3 Å². The fourth-order valence-corrected chi connectivity index (χ4v) is 3.40. The highest BCUT2D eigenvalue weighted by atomic mass is 35.6. The Morgan fingerprint density at radius 2 is 2.00 bits per heavy atom. The van der Waals surface area contributed by atoms with Gasteiger partial charge in [-0.05, 0) is 17.5 Å². The van der Waals surface area contributed by atoms with Gasteiger partial charge in [0.05, 0.1) is 0 Å². The second-order valence-electron chi connectivity index (χ2n) is 3.40. The summed E-state index contributed by atoms with van der Waals surface area (Å²) in [5.41, 5.74) is 2.13. The maximum absolute atomic E-state index is 6.08. The summed E-state index contributed by atoms with van der Waals surface area (Å²) in [7, 11) is -0.418. The molecule has 0 spiro atoms. The van der Waals surface area contributed by atoms with Crippen molar-refractivity contribution in [2.45, 2.75) is 31.7 Å². The van der Waals surface area contributed by atoms with Crippen molar-refractivity contribution >= 4 is 19.9 Å². The first kappa shape index (κ1) is 10.8. The second-order valence-corrected chi connectivity index (χ2v) is 5.62. The molecule has 72 valence electrons. The monoisotopic (exact) mass is 212 g/mol. The van der Waals surface area contributed by atoms with Crippen molar-refractivity contribution in [1.29, 1.82) is 0 Å². The summed E-state index contributed by atoms with van der Waals surface area (Å²) in [6.45, 7) is 2.23. The summed E-state index contributed by atoms with van der Waals surface area (Å²) in [5.74, 6) is 0. The molecule has 2 heteroatoms. The third-order valence-electron chi connectivity index (χ3n) is 2.36. The average molecular weight is 213 g/mol. The van der Waals surface area contributed by atoms with Crippen LogP contribution in [-0.2, 0) is 0 Å². The molecule has 1 aromatic rings. The fraction of sp³-hybridized carbons (Fsp3) is 0.455. The predicted molar refractivity (Wildman–Crippen MR) is 63.1 cm³/mol. The smallest absolute Gasteiger partial charge is 0.132 e. The molecule has 0 saturated heterocycles. The molecule has 0 amide bonds. The molecule has 0 radical (unpaired) electrons.